The van der Waals surface area contributed by atoms with Crippen LogP contribution in [0, 0.1) is 5.82 Å². The summed E-state index contributed by atoms with van der Waals surface area (Å²) in [6, 6.07) is 4.93. The molecule has 0 aromatic heterocycles. The Morgan fingerprint density at radius 1 is 1.47 bits per heavy atom. The first-order valence-corrected chi connectivity index (χ1v) is 7.07. The normalized spacial score (nSPS) is 20.6. The molecular weight excluding hydrogens is 243 g/mol. The van der Waals surface area contributed by atoms with Gasteiger partial charge < -0.3 is 10.5 Å². The molecule has 1 aromatic carbocycles. The minimum absolute atomic E-state index is 0.211. The van der Waals surface area contributed by atoms with Crippen molar-refractivity contribution in [1.29, 1.82) is 0 Å². The van der Waals surface area contributed by atoms with Gasteiger partial charge in [0, 0.05) is 30.9 Å². The van der Waals surface area contributed by atoms with Crippen molar-refractivity contribution in [2.24, 2.45) is 0 Å². The lowest BCUT2D eigenvalue weighted by Gasteiger charge is -2.32. The molecule has 0 radical (unpaired) electrons. The molecule has 1 saturated heterocycles. The molecule has 0 spiro atoms. The molecule has 1 unspecified atom stereocenters. The van der Waals surface area contributed by atoms with Crippen molar-refractivity contribution in [2.75, 3.05) is 25.4 Å². The summed E-state index contributed by atoms with van der Waals surface area (Å²) in [6.45, 7) is 5.47. The minimum Gasteiger partial charge on any atom is -0.399 e. The van der Waals surface area contributed by atoms with Gasteiger partial charge in [0.05, 0.1) is 6.10 Å². The number of likely N-dealkylation sites (tertiary alicyclic amines) is 1. The van der Waals surface area contributed by atoms with Gasteiger partial charge >= 0.3 is 0 Å². The Hall–Kier alpha value is -1.13. The summed E-state index contributed by atoms with van der Waals surface area (Å²) in [5.74, 6) is -0.211. The van der Waals surface area contributed by atoms with E-state index in [1.165, 1.54) is 6.07 Å². The number of nitrogen functional groups attached to an aromatic ring is 1. The average molecular weight is 266 g/mol. The van der Waals surface area contributed by atoms with E-state index in [1.807, 2.05) is 0 Å². The van der Waals surface area contributed by atoms with E-state index < -0.39 is 0 Å². The van der Waals surface area contributed by atoms with Crippen LogP contribution in [0.1, 0.15) is 31.7 Å². The Morgan fingerprint density at radius 3 is 3.05 bits per heavy atom. The van der Waals surface area contributed by atoms with Crippen molar-refractivity contribution >= 4 is 5.69 Å². The maximum atomic E-state index is 13.8. The zero-order valence-corrected chi connectivity index (χ0v) is 11.6. The standard InChI is InChI=1S/C15H23FN2O/c1-2-8-19-14-4-3-7-18(11-14)10-12-5-6-13(17)9-15(12)16/h5-6,9,14H,2-4,7-8,10-11,17H2,1H3. The van der Waals surface area contributed by atoms with Crippen LogP contribution in [-0.2, 0) is 11.3 Å². The van der Waals surface area contributed by atoms with Gasteiger partial charge in [-0.3, -0.25) is 4.90 Å². The first kappa shape index (κ1) is 14.3. The number of benzene rings is 1. The van der Waals surface area contributed by atoms with E-state index in [-0.39, 0.29) is 5.82 Å². The third kappa shape index (κ3) is 4.18. The minimum atomic E-state index is -0.211. The van der Waals surface area contributed by atoms with Gasteiger partial charge in [-0.15, -0.1) is 0 Å². The van der Waals surface area contributed by atoms with Gasteiger partial charge in [-0.2, -0.15) is 0 Å². The van der Waals surface area contributed by atoms with Crippen molar-refractivity contribution < 1.29 is 9.13 Å². The van der Waals surface area contributed by atoms with E-state index in [0.717, 1.165) is 39.0 Å². The maximum Gasteiger partial charge on any atom is 0.129 e. The van der Waals surface area contributed by atoms with E-state index >= 15 is 0 Å². The predicted molar refractivity (Wildman–Crippen MR) is 75.4 cm³/mol. The van der Waals surface area contributed by atoms with Crippen LogP contribution in [0.2, 0.25) is 0 Å². The number of hydrogen-bond donors (Lipinski definition) is 1. The molecule has 1 fully saturated rings. The fraction of sp³-hybridized carbons (Fsp3) is 0.600. The molecule has 3 nitrogen and oxygen atoms in total. The summed E-state index contributed by atoms with van der Waals surface area (Å²) in [5, 5.41) is 0. The Balaban J connectivity index is 1.91. The molecule has 2 rings (SSSR count). The van der Waals surface area contributed by atoms with Crippen LogP contribution in [0.25, 0.3) is 0 Å². The van der Waals surface area contributed by atoms with Crippen LogP contribution in [0.3, 0.4) is 0 Å². The number of hydrogen-bond acceptors (Lipinski definition) is 3. The third-order valence-corrected chi connectivity index (χ3v) is 3.49. The summed E-state index contributed by atoms with van der Waals surface area (Å²) < 4.78 is 19.6. The van der Waals surface area contributed by atoms with Crippen molar-refractivity contribution in [3.63, 3.8) is 0 Å². The van der Waals surface area contributed by atoms with Gasteiger partial charge in [0.25, 0.3) is 0 Å². The van der Waals surface area contributed by atoms with Gasteiger partial charge in [-0.25, -0.2) is 4.39 Å². The molecule has 0 aliphatic carbocycles. The Labute approximate surface area is 114 Å². The topological polar surface area (TPSA) is 38.5 Å². The number of anilines is 1. The zero-order valence-electron chi connectivity index (χ0n) is 11.6. The number of nitrogens with zero attached hydrogens (tertiary/aromatic N) is 1. The highest BCUT2D eigenvalue weighted by molar-refractivity contribution is 5.40. The van der Waals surface area contributed by atoms with Crippen molar-refractivity contribution in [3.05, 3.63) is 29.6 Å². The zero-order chi connectivity index (χ0) is 13.7. The number of piperidine rings is 1. The van der Waals surface area contributed by atoms with Gasteiger partial charge in [0.1, 0.15) is 5.82 Å². The van der Waals surface area contributed by atoms with Gasteiger partial charge in [0.2, 0.25) is 0 Å². The monoisotopic (exact) mass is 266 g/mol. The van der Waals surface area contributed by atoms with E-state index in [9.17, 15) is 4.39 Å². The van der Waals surface area contributed by atoms with Crippen LogP contribution < -0.4 is 5.73 Å². The average Bonchev–Trinajstić information content (AvgIpc) is 2.40. The highest BCUT2D eigenvalue weighted by atomic mass is 19.1. The lowest BCUT2D eigenvalue weighted by atomic mass is 10.1. The van der Waals surface area contributed by atoms with Crippen LogP contribution in [-0.4, -0.2) is 30.7 Å². The van der Waals surface area contributed by atoms with E-state index in [2.05, 4.69) is 11.8 Å². The first-order valence-electron chi connectivity index (χ1n) is 7.07. The first-order chi connectivity index (χ1) is 9.19. The third-order valence-electron chi connectivity index (χ3n) is 3.49. The number of ether oxygens (including phenoxy) is 1. The van der Waals surface area contributed by atoms with Crippen LogP contribution in [0.5, 0.6) is 0 Å². The smallest absolute Gasteiger partial charge is 0.129 e. The van der Waals surface area contributed by atoms with Crippen molar-refractivity contribution in [2.45, 2.75) is 38.8 Å². The second-order valence-corrected chi connectivity index (χ2v) is 5.22. The second-order valence-electron chi connectivity index (χ2n) is 5.22. The van der Waals surface area contributed by atoms with Crippen LogP contribution >= 0.6 is 0 Å². The number of rotatable bonds is 5. The highest BCUT2D eigenvalue weighted by Crippen LogP contribution is 2.19. The molecule has 1 aromatic rings. The van der Waals surface area contributed by atoms with Gasteiger partial charge in [-0.1, -0.05) is 13.0 Å². The summed E-state index contributed by atoms with van der Waals surface area (Å²) in [4.78, 5) is 2.26. The molecule has 4 heteroatoms. The molecule has 1 aliphatic rings. The molecule has 1 heterocycles. The summed E-state index contributed by atoms with van der Waals surface area (Å²) in [6.07, 6.45) is 3.57. The Bertz CT molecular complexity index is 411. The summed E-state index contributed by atoms with van der Waals surface area (Å²) in [7, 11) is 0. The molecule has 1 aliphatic heterocycles. The molecule has 2 N–H and O–H groups in total. The fourth-order valence-electron chi connectivity index (χ4n) is 2.51. The van der Waals surface area contributed by atoms with E-state index in [4.69, 9.17) is 10.5 Å². The maximum absolute atomic E-state index is 13.8. The SMILES string of the molecule is CCCOC1CCCN(Cc2ccc(N)cc2F)C1. The molecule has 0 bridgehead atoms. The van der Waals surface area contributed by atoms with Gasteiger partial charge in [0.15, 0.2) is 0 Å². The number of nitrogens with two attached hydrogens (primary N) is 1. The summed E-state index contributed by atoms with van der Waals surface area (Å²) >= 11 is 0. The van der Waals surface area contributed by atoms with Crippen LogP contribution in [0.15, 0.2) is 18.2 Å². The fourth-order valence-corrected chi connectivity index (χ4v) is 2.51. The van der Waals surface area contributed by atoms with E-state index in [1.54, 1.807) is 12.1 Å². The van der Waals surface area contributed by atoms with E-state index in [0.29, 0.717) is 23.9 Å². The van der Waals surface area contributed by atoms with Crippen LogP contribution in [0.4, 0.5) is 10.1 Å². The molecule has 1 atom stereocenters. The number of halogens is 1. The van der Waals surface area contributed by atoms with Crippen molar-refractivity contribution in [1.82, 2.24) is 4.90 Å². The quantitative estimate of drug-likeness (QED) is 0.833. The molecular formula is C15H23FN2O. The molecule has 0 amide bonds. The molecule has 19 heavy (non-hydrogen) atoms. The van der Waals surface area contributed by atoms with Crippen molar-refractivity contribution in [3.8, 4) is 0 Å². The lowest BCUT2D eigenvalue weighted by Crippen LogP contribution is -2.39. The van der Waals surface area contributed by atoms with Gasteiger partial charge in [-0.05, 0) is 37.9 Å². The summed E-state index contributed by atoms with van der Waals surface area (Å²) in [5.41, 5.74) is 6.75. The second kappa shape index (κ2) is 6.87. The predicted octanol–water partition coefficient (Wildman–Crippen LogP) is 2.80. The largest absolute Gasteiger partial charge is 0.399 e. The molecule has 0 saturated carbocycles. The Kier molecular flexibility index (Phi) is 5.16. The lowest BCUT2D eigenvalue weighted by molar-refractivity contribution is -0.00247. The highest BCUT2D eigenvalue weighted by Gasteiger charge is 2.21. The Morgan fingerprint density at radius 2 is 2.32 bits per heavy atom. The molecule has 106 valence electrons.